The van der Waals surface area contributed by atoms with E-state index in [2.05, 4.69) is 5.32 Å². The maximum absolute atomic E-state index is 13.7. The molecular weight excluding hydrogens is 504 g/mol. The minimum absolute atomic E-state index is 0.0999. The highest BCUT2D eigenvalue weighted by Crippen LogP contribution is 2.52. The summed E-state index contributed by atoms with van der Waals surface area (Å²) in [5, 5.41) is 57.4. The Labute approximate surface area is 224 Å². The van der Waals surface area contributed by atoms with E-state index in [0.717, 1.165) is 11.1 Å². The zero-order chi connectivity index (χ0) is 28.2. The molecule has 204 valence electrons. The molecule has 0 heterocycles. The number of phenolic OH excluding ortho intramolecular Hbond substituents is 2. The number of rotatable bonds is 6. The number of aliphatic hydroxyl groups is 3. The van der Waals surface area contributed by atoms with Crippen molar-refractivity contribution in [1.29, 1.82) is 0 Å². The van der Waals surface area contributed by atoms with Gasteiger partial charge in [-0.2, -0.15) is 0 Å². The second-order valence-electron chi connectivity index (χ2n) is 10.4. The molecule has 0 aliphatic heterocycles. The average molecular weight is 535 g/mol. The Bertz CT molecular complexity index is 1470. The molecule has 3 atom stereocenters. The molecule has 2 aromatic carbocycles. The van der Waals surface area contributed by atoms with E-state index < -0.39 is 52.0 Å². The van der Waals surface area contributed by atoms with E-state index in [1.807, 2.05) is 13.0 Å². The smallest absolute Gasteiger partial charge is 0.255 e. The Hall–Kier alpha value is -4.15. The lowest BCUT2D eigenvalue weighted by Gasteiger charge is -2.46. The predicted molar refractivity (Wildman–Crippen MR) is 139 cm³/mol. The number of carbonyl (C=O) groups excluding carboxylic acids is 3. The quantitative estimate of drug-likeness (QED) is 0.272. The molecule has 0 aromatic heterocycles. The van der Waals surface area contributed by atoms with Gasteiger partial charge in [-0.1, -0.05) is 25.1 Å². The van der Waals surface area contributed by atoms with Crippen molar-refractivity contribution >= 4 is 23.2 Å². The lowest BCUT2D eigenvalue weighted by atomic mass is 9.59. The Morgan fingerprint density at radius 3 is 2.38 bits per heavy atom. The zero-order valence-electron chi connectivity index (χ0n) is 21.3. The summed E-state index contributed by atoms with van der Waals surface area (Å²) in [4.78, 5) is 38.0. The van der Waals surface area contributed by atoms with Crippen LogP contribution in [0.15, 0.2) is 47.2 Å². The molecule has 0 bridgehead atoms. The van der Waals surface area contributed by atoms with Crippen molar-refractivity contribution in [3.05, 3.63) is 75.1 Å². The number of amides is 1. The SMILES string of the molecule is CCc1cc(CNCc2ccc(O)cc2)c(O)c2c1C[C@H]1C[C@H]3CC(=O)C(C(N)=O)=C(O)[C@@]3(O)C(=O)C1=C2O. The molecule has 8 N–H and O–H groups in total. The van der Waals surface area contributed by atoms with Crippen LogP contribution in [0.25, 0.3) is 5.76 Å². The molecule has 1 fully saturated rings. The molecule has 39 heavy (non-hydrogen) atoms. The molecule has 0 unspecified atom stereocenters. The Kier molecular flexibility index (Phi) is 6.48. The van der Waals surface area contributed by atoms with E-state index in [4.69, 9.17) is 5.73 Å². The van der Waals surface area contributed by atoms with Crippen LogP contribution < -0.4 is 11.1 Å². The van der Waals surface area contributed by atoms with Crippen LogP contribution in [-0.2, 0) is 40.3 Å². The minimum atomic E-state index is -2.58. The van der Waals surface area contributed by atoms with Gasteiger partial charge < -0.3 is 36.6 Å². The number of fused-ring (bicyclic) bond motifs is 3. The molecule has 10 nitrogen and oxygen atoms in total. The van der Waals surface area contributed by atoms with Crippen LogP contribution >= 0.6 is 0 Å². The maximum atomic E-state index is 13.7. The fourth-order valence-corrected chi connectivity index (χ4v) is 6.23. The van der Waals surface area contributed by atoms with Gasteiger partial charge in [0.2, 0.25) is 5.78 Å². The largest absolute Gasteiger partial charge is 0.508 e. The first-order valence-corrected chi connectivity index (χ1v) is 12.8. The molecule has 5 rings (SSSR count). The summed E-state index contributed by atoms with van der Waals surface area (Å²) in [5.41, 5.74) is 4.76. The molecule has 2 aromatic rings. The summed E-state index contributed by atoms with van der Waals surface area (Å²) < 4.78 is 0. The molecular formula is C29H30N2O8. The van der Waals surface area contributed by atoms with E-state index in [0.29, 0.717) is 24.1 Å². The summed E-state index contributed by atoms with van der Waals surface area (Å²) in [6.45, 7) is 2.63. The summed E-state index contributed by atoms with van der Waals surface area (Å²) in [5.74, 6) is -6.19. The number of hydrogen-bond acceptors (Lipinski definition) is 9. The third-order valence-corrected chi connectivity index (χ3v) is 8.20. The van der Waals surface area contributed by atoms with Crippen molar-refractivity contribution in [2.24, 2.45) is 17.6 Å². The van der Waals surface area contributed by atoms with Gasteiger partial charge in [-0.3, -0.25) is 14.4 Å². The molecule has 0 radical (unpaired) electrons. The van der Waals surface area contributed by atoms with E-state index >= 15 is 0 Å². The van der Waals surface area contributed by atoms with Crippen molar-refractivity contribution in [3.8, 4) is 11.5 Å². The van der Waals surface area contributed by atoms with Crippen molar-refractivity contribution in [1.82, 2.24) is 5.32 Å². The predicted octanol–water partition coefficient (Wildman–Crippen LogP) is 1.98. The molecule has 0 spiro atoms. The van der Waals surface area contributed by atoms with E-state index in [1.54, 1.807) is 24.3 Å². The van der Waals surface area contributed by atoms with Gasteiger partial charge in [-0.25, -0.2) is 0 Å². The molecule has 3 aliphatic rings. The standard InChI is InChI=1S/C29H30N2O8/c1-2-14-7-16(12-31-11-13-3-5-18(32)6-4-13)24(34)22-19(14)9-15-8-17-10-20(33)23(28(30)38)27(37)29(17,39)26(36)21(15)25(22)35/h3-7,15,17,31-32,34-35,37,39H,2,8-12H2,1H3,(H2,30,38)/t15-,17+,29+/m1/s1. The highest BCUT2D eigenvalue weighted by atomic mass is 16.3. The number of phenols is 2. The van der Waals surface area contributed by atoms with Crippen LogP contribution in [-0.4, -0.2) is 48.6 Å². The summed E-state index contributed by atoms with van der Waals surface area (Å²) >= 11 is 0. The van der Waals surface area contributed by atoms with Crippen LogP contribution in [0.1, 0.15) is 47.6 Å². The van der Waals surface area contributed by atoms with Gasteiger partial charge >= 0.3 is 0 Å². The number of hydrogen-bond donors (Lipinski definition) is 7. The highest BCUT2D eigenvalue weighted by molar-refractivity contribution is 6.22. The fraction of sp³-hybridized carbons (Fsp3) is 0.345. The number of nitrogens with one attached hydrogen (secondary N) is 1. The monoisotopic (exact) mass is 534 g/mol. The van der Waals surface area contributed by atoms with Gasteiger partial charge in [0.05, 0.1) is 5.56 Å². The van der Waals surface area contributed by atoms with Crippen LogP contribution in [0.4, 0.5) is 0 Å². The van der Waals surface area contributed by atoms with Crippen molar-refractivity contribution in [2.45, 2.75) is 51.3 Å². The lowest BCUT2D eigenvalue weighted by molar-refractivity contribution is -0.147. The first-order chi connectivity index (χ1) is 18.5. The Morgan fingerprint density at radius 1 is 1.05 bits per heavy atom. The number of nitrogens with two attached hydrogens (primary N) is 1. The Balaban J connectivity index is 1.54. The molecule has 1 saturated carbocycles. The molecule has 3 aliphatic carbocycles. The topological polar surface area (TPSA) is 190 Å². The van der Waals surface area contributed by atoms with Crippen molar-refractivity contribution in [3.63, 3.8) is 0 Å². The third kappa shape index (κ3) is 4.07. The van der Waals surface area contributed by atoms with Crippen molar-refractivity contribution in [2.75, 3.05) is 0 Å². The van der Waals surface area contributed by atoms with E-state index in [-0.39, 0.29) is 48.4 Å². The second-order valence-corrected chi connectivity index (χ2v) is 10.4. The van der Waals surface area contributed by atoms with Gasteiger partial charge in [0, 0.05) is 36.6 Å². The van der Waals surface area contributed by atoms with Gasteiger partial charge in [0.1, 0.15) is 28.6 Å². The third-order valence-electron chi connectivity index (χ3n) is 8.20. The first kappa shape index (κ1) is 26.5. The van der Waals surface area contributed by atoms with Gasteiger partial charge in [-0.05, 0) is 54.0 Å². The number of aryl methyl sites for hydroxylation is 1. The summed E-state index contributed by atoms with van der Waals surface area (Å²) in [6, 6.07) is 8.54. The lowest BCUT2D eigenvalue weighted by Crippen LogP contribution is -2.58. The highest BCUT2D eigenvalue weighted by Gasteiger charge is 2.60. The summed E-state index contributed by atoms with van der Waals surface area (Å²) in [6.07, 6.45) is 0.628. The maximum Gasteiger partial charge on any atom is 0.255 e. The average Bonchev–Trinajstić information content (AvgIpc) is 2.88. The first-order valence-electron chi connectivity index (χ1n) is 12.8. The van der Waals surface area contributed by atoms with Crippen LogP contribution in [0, 0.1) is 11.8 Å². The van der Waals surface area contributed by atoms with Crippen molar-refractivity contribution < 1.29 is 39.9 Å². The van der Waals surface area contributed by atoms with Crippen LogP contribution in [0.5, 0.6) is 11.5 Å². The fourth-order valence-electron chi connectivity index (χ4n) is 6.23. The molecule has 1 amide bonds. The van der Waals surface area contributed by atoms with Crippen LogP contribution in [0.2, 0.25) is 0 Å². The molecule has 0 saturated heterocycles. The van der Waals surface area contributed by atoms with E-state index in [1.165, 1.54) is 0 Å². The minimum Gasteiger partial charge on any atom is -0.508 e. The zero-order valence-corrected chi connectivity index (χ0v) is 21.3. The molecule has 10 heteroatoms. The number of ketones is 2. The van der Waals surface area contributed by atoms with E-state index in [9.17, 15) is 39.9 Å². The second kappa shape index (κ2) is 9.55. The number of benzene rings is 2. The number of aliphatic hydroxyl groups excluding tert-OH is 2. The number of aromatic hydroxyl groups is 2. The van der Waals surface area contributed by atoms with Gasteiger partial charge in [0.15, 0.2) is 11.4 Å². The number of Topliss-reactive ketones (excluding diaryl/α,β-unsaturated/α-hetero) is 2. The summed E-state index contributed by atoms with van der Waals surface area (Å²) in [7, 11) is 0. The van der Waals surface area contributed by atoms with Gasteiger partial charge in [0.25, 0.3) is 5.91 Å². The number of primary amides is 1. The van der Waals surface area contributed by atoms with Crippen LogP contribution in [0.3, 0.4) is 0 Å². The van der Waals surface area contributed by atoms with Gasteiger partial charge in [-0.15, -0.1) is 0 Å². The number of carbonyl (C=O) groups is 3. The normalized spacial score (nSPS) is 24.4. The Morgan fingerprint density at radius 2 is 1.74 bits per heavy atom.